The van der Waals surface area contributed by atoms with Crippen molar-refractivity contribution in [3.63, 3.8) is 0 Å². The van der Waals surface area contributed by atoms with Crippen molar-refractivity contribution in [3.8, 4) is 0 Å². The van der Waals surface area contributed by atoms with E-state index in [0.29, 0.717) is 25.7 Å². The second kappa shape index (κ2) is 25.9. The maximum absolute atomic E-state index is 14.5. The van der Waals surface area contributed by atoms with Crippen molar-refractivity contribution < 1.29 is 135 Å². The molecule has 31 atom stereocenters. The number of cyclic esters (lactones) is 1. The lowest BCUT2D eigenvalue weighted by Crippen LogP contribution is -2.68. The van der Waals surface area contributed by atoms with E-state index in [9.17, 15) is 73.9 Å². The highest BCUT2D eigenvalue weighted by atomic mass is 32.3. The van der Waals surface area contributed by atoms with Crippen LogP contribution in [0.4, 0.5) is 0 Å². The van der Waals surface area contributed by atoms with Crippen molar-refractivity contribution in [2.24, 2.45) is 39.4 Å². The zero-order valence-corrected chi connectivity index (χ0v) is 51.9. The summed E-state index contributed by atoms with van der Waals surface area (Å²) >= 11 is 0. The standard InChI is InChI=1S/C59H94O28S/c1-25(2)11-10-17-58(8)34-15-19-57(7)28-12-13-33-55(4,5)35(16-18-56(33,6)27(28)14-20-59(34,57)54(71)86-58)81-52-47(39(66)32(24-77-52)87-88(72,73)74)85-53-48(84-49-40(67)36(63)29(62)23-76-49)41(68)44(26(3)78-53)82-51-43(70)46(38(65)31(22-61)80-51)83-50-42(69)45(75-9)37(64)30(21-60)79-50/h12,26-27,29-53,60-70H,1,10-11,13-24H2,2-9H3,(H,72,73,74)/t26-,27+,29-,30-,31-,32-,33+,34-,35+,36+,37-,38-,39+,40-,41+,42-,43-,44-,45+,46+,47-,48-,49+,50+,51+,52+,53+,56-,57+,58+,59-/m1/s1. The summed E-state index contributed by atoms with van der Waals surface area (Å²) < 4.78 is 112. The molecular formula is C59H94O28S. The fourth-order valence-electron chi connectivity index (χ4n) is 17.4. The summed E-state index contributed by atoms with van der Waals surface area (Å²) in [6.07, 6.45) is -31.1. The molecule has 10 rings (SSSR count). The molecule has 88 heavy (non-hydrogen) atoms. The first-order valence-corrected chi connectivity index (χ1v) is 32.2. The Balaban J connectivity index is 0.903. The van der Waals surface area contributed by atoms with E-state index in [1.807, 2.05) is 6.92 Å². The van der Waals surface area contributed by atoms with Crippen LogP contribution in [0.2, 0.25) is 0 Å². The minimum atomic E-state index is -5.25. The molecular weight excluding hydrogens is 1190 g/mol. The van der Waals surface area contributed by atoms with Crippen LogP contribution in [0.5, 0.6) is 0 Å². The first-order valence-electron chi connectivity index (χ1n) is 30.9. The van der Waals surface area contributed by atoms with Crippen LogP contribution in [0.25, 0.3) is 0 Å². The van der Waals surface area contributed by atoms with Crippen molar-refractivity contribution >= 4 is 16.4 Å². The second-order valence-corrected chi connectivity index (χ2v) is 28.7. The molecule has 0 unspecified atom stereocenters. The minimum Gasteiger partial charge on any atom is -0.459 e. The lowest BCUT2D eigenvalue weighted by atomic mass is 9.41. The third-order valence-electron chi connectivity index (χ3n) is 22.1. The van der Waals surface area contributed by atoms with E-state index in [4.69, 9.17) is 61.0 Å². The Bertz CT molecular complexity index is 2620. The Hall–Kier alpha value is -2.06. The molecule has 3 saturated carbocycles. The Morgan fingerprint density at radius 1 is 0.659 bits per heavy atom. The van der Waals surface area contributed by atoms with Crippen LogP contribution >= 0.6 is 0 Å². The first kappa shape index (κ1) is 68.8. The number of carbonyl (C=O) groups excluding carboxylic acids is 1. The third kappa shape index (κ3) is 12.0. The van der Waals surface area contributed by atoms with E-state index in [-0.39, 0.29) is 29.1 Å². The fraction of sp³-hybridized carbons (Fsp3) is 0.915. The normalized spacial score (nSPS) is 51.1. The number of aliphatic hydroxyl groups excluding tert-OH is 11. The molecule has 6 heterocycles. The molecule has 9 fully saturated rings. The topological polar surface area (TPSA) is 414 Å². The molecule has 12 N–H and O–H groups in total. The Labute approximate surface area is 512 Å². The number of rotatable bonds is 19. The van der Waals surface area contributed by atoms with Gasteiger partial charge in [-0.1, -0.05) is 44.9 Å². The summed E-state index contributed by atoms with van der Waals surface area (Å²) in [4.78, 5) is 14.5. The lowest BCUT2D eigenvalue weighted by molar-refractivity contribution is -0.403. The van der Waals surface area contributed by atoms with Gasteiger partial charge in [0.1, 0.15) is 109 Å². The van der Waals surface area contributed by atoms with Crippen LogP contribution in [-0.4, -0.2) is 262 Å². The maximum atomic E-state index is 14.5. The summed E-state index contributed by atoms with van der Waals surface area (Å²) in [5.74, 6) is 0.132. The number of esters is 1. The molecule has 6 saturated heterocycles. The van der Waals surface area contributed by atoms with Gasteiger partial charge in [-0.25, -0.2) is 4.18 Å². The van der Waals surface area contributed by atoms with Crippen LogP contribution in [0.15, 0.2) is 23.8 Å². The fourth-order valence-corrected chi connectivity index (χ4v) is 17.9. The van der Waals surface area contributed by atoms with Gasteiger partial charge < -0.3 is 113 Å². The summed E-state index contributed by atoms with van der Waals surface area (Å²) in [5.41, 5.74) is -0.0989. The Morgan fingerprint density at radius 3 is 1.90 bits per heavy atom. The SMILES string of the molecule is C=C(C)CCC[C@]1(C)OC(=O)[C@]23CC[C@H]4C(=CC[C@H]5C(C)(C)[C@@H](O[C@@H]6OC[C@@H](OS(=O)(=O)O)[C@H](O)[C@H]6O[C@@H]6O[C@H](C)[C@@H](O[C@@H]7O[C@H](CO)[C@@H](O)[C@H](O[C@@H]8O[C@H](CO)[C@@H](O)[C@H](OC)[C@H]8O)[C@H]7O)[C@H](O)[C@H]6O[C@@H]6OC[C@@H](O)[C@H](O)[C@H]6O)CC[C@]45C)[C@]2(C)CC[C@@H]31. The van der Waals surface area contributed by atoms with Crippen molar-refractivity contribution in [2.75, 3.05) is 33.5 Å². The van der Waals surface area contributed by atoms with Gasteiger partial charge in [0.15, 0.2) is 31.5 Å². The quantitative estimate of drug-likeness (QED) is 0.0415. The van der Waals surface area contributed by atoms with Crippen molar-refractivity contribution in [1.29, 1.82) is 0 Å². The molecule has 29 heteroatoms. The predicted octanol–water partition coefficient (Wildman–Crippen LogP) is -1.10. The van der Waals surface area contributed by atoms with E-state index in [1.165, 1.54) is 19.6 Å². The molecule has 10 aliphatic rings. The number of methoxy groups -OCH3 is 1. The van der Waals surface area contributed by atoms with Crippen LogP contribution in [0.3, 0.4) is 0 Å². The number of hydrogen-bond acceptors (Lipinski definition) is 27. The van der Waals surface area contributed by atoms with Crippen LogP contribution < -0.4 is 0 Å². The van der Waals surface area contributed by atoms with Crippen molar-refractivity contribution in [2.45, 2.75) is 266 Å². The molecule has 504 valence electrons. The molecule has 1 spiro atoms. The van der Waals surface area contributed by atoms with Gasteiger partial charge in [0.2, 0.25) is 0 Å². The van der Waals surface area contributed by atoms with Crippen LogP contribution in [-0.2, 0) is 76.2 Å². The van der Waals surface area contributed by atoms with Gasteiger partial charge in [-0.05, 0) is 108 Å². The highest BCUT2D eigenvalue weighted by molar-refractivity contribution is 7.80. The summed E-state index contributed by atoms with van der Waals surface area (Å²) in [5, 5.41) is 122. The van der Waals surface area contributed by atoms with Gasteiger partial charge in [0, 0.05) is 18.4 Å². The Morgan fingerprint density at radius 2 is 1.26 bits per heavy atom. The van der Waals surface area contributed by atoms with Crippen molar-refractivity contribution in [1.82, 2.24) is 0 Å². The molecule has 0 aromatic rings. The van der Waals surface area contributed by atoms with E-state index in [1.54, 1.807) is 0 Å². The predicted molar refractivity (Wildman–Crippen MR) is 297 cm³/mol. The monoisotopic (exact) mass is 1280 g/mol. The van der Waals surface area contributed by atoms with E-state index in [2.05, 4.69) is 47.3 Å². The molecule has 0 aromatic heterocycles. The zero-order valence-electron chi connectivity index (χ0n) is 51.1. The molecule has 0 radical (unpaired) electrons. The molecule has 6 aliphatic heterocycles. The number of carbonyl (C=O) groups is 1. The summed E-state index contributed by atoms with van der Waals surface area (Å²) in [7, 11) is -4.08. The van der Waals surface area contributed by atoms with Crippen LogP contribution in [0, 0.1) is 39.4 Å². The molecule has 28 nitrogen and oxygen atoms in total. The van der Waals surface area contributed by atoms with Gasteiger partial charge in [-0.15, -0.1) is 6.58 Å². The van der Waals surface area contributed by atoms with Gasteiger partial charge in [-0.2, -0.15) is 8.42 Å². The average molecular weight is 1280 g/mol. The molecule has 0 amide bonds. The third-order valence-corrected chi connectivity index (χ3v) is 22.6. The highest BCUT2D eigenvalue weighted by Gasteiger charge is 2.76. The minimum absolute atomic E-state index is 0.00392. The smallest absolute Gasteiger partial charge is 0.397 e. The van der Waals surface area contributed by atoms with E-state index >= 15 is 0 Å². The number of fused-ring (bicyclic) bond motifs is 4. The van der Waals surface area contributed by atoms with Gasteiger partial charge in [0.05, 0.1) is 44.1 Å². The van der Waals surface area contributed by atoms with E-state index < -0.39 is 206 Å². The molecule has 0 aromatic carbocycles. The molecule has 4 aliphatic carbocycles. The van der Waals surface area contributed by atoms with Gasteiger partial charge >= 0.3 is 16.4 Å². The number of hydrogen-bond donors (Lipinski definition) is 12. The van der Waals surface area contributed by atoms with Gasteiger partial charge in [-0.3, -0.25) is 9.35 Å². The highest BCUT2D eigenvalue weighted by Crippen LogP contribution is 2.76. The average Bonchev–Trinajstić information content (AvgIpc) is 1.44. The first-order chi connectivity index (χ1) is 41.3. The van der Waals surface area contributed by atoms with Gasteiger partial charge in [0.25, 0.3) is 0 Å². The van der Waals surface area contributed by atoms with E-state index in [0.717, 1.165) is 44.1 Å². The number of aliphatic hydroxyl groups is 11. The number of ether oxygens (including phenoxy) is 12. The molecule has 0 bridgehead atoms. The maximum Gasteiger partial charge on any atom is 0.397 e. The van der Waals surface area contributed by atoms with Crippen LogP contribution in [0.1, 0.15) is 113 Å². The summed E-state index contributed by atoms with van der Waals surface area (Å²) in [6, 6.07) is 0. The second-order valence-electron chi connectivity index (χ2n) is 27.7. The van der Waals surface area contributed by atoms with Crippen molar-refractivity contribution in [3.05, 3.63) is 23.8 Å². The largest absolute Gasteiger partial charge is 0.459 e. The Kier molecular flexibility index (Phi) is 20.3. The zero-order chi connectivity index (χ0) is 64.1. The lowest BCUT2D eigenvalue weighted by Gasteiger charge is -2.64. The summed E-state index contributed by atoms with van der Waals surface area (Å²) in [6.45, 7) is 15.5. The number of allylic oxidation sites excluding steroid dienone is 3.